The number of hydrogen-bond donors (Lipinski definition) is 0. The summed E-state index contributed by atoms with van der Waals surface area (Å²) in [6.45, 7) is 4.36. The molecule has 0 N–H and O–H groups in total. The molecule has 3 nitrogen and oxygen atoms in total. The molecule has 4 rings (SSSR count). The monoisotopic (exact) mass is 358 g/mol. The van der Waals surface area contributed by atoms with Gasteiger partial charge in [0.15, 0.2) is 5.13 Å². The number of carbonyl (C=O) groups is 1. The van der Waals surface area contributed by atoms with Crippen LogP contribution in [0.15, 0.2) is 18.7 Å². The van der Waals surface area contributed by atoms with Gasteiger partial charge in [0.1, 0.15) is 0 Å². The van der Waals surface area contributed by atoms with Gasteiger partial charge in [-0.05, 0) is 63.0 Å². The minimum atomic E-state index is 0.0837. The van der Waals surface area contributed by atoms with E-state index in [2.05, 4.69) is 12.6 Å². The van der Waals surface area contributed by atoms with E-state index in [9.17, 15) is 4.79 Å². The van der Waals surface area contributed by atoms with Crippen molar-refractivity contribution in [3.05, 3.63) is 44.6 Å². The Bertz CT molecular complexity index is 727. The lowest BCUT2D eigenvalue weighted by atomic mass is 9.99. The first-order valence-corrected chi connectivity index (χ1v) is 10.4. The largest absolute Gasteiger partial charge is 0.279 e. The lowest BCUT2D eigenvalue weighted by molar-refractivity contribution is 0.0993. The van der Waals surface area contributed by atoms with E-state index in [1.165, 1.54) is 46.7 Å². The molecule has 2 aliphatic rings. The van der Waals surface area contributed by atoms with Crippen LogP contribution in [-0.2, 0) is 25.7 Å². The van der Waals surface area contributed by atoms with Crippen molar-refractivity contribution in [2.24, 2.45) is 0 Å². The maximum atomic E-state index is 13.1. The van der Waals surface area contributed by atoms with E-state index in [1.54, 1.807) is 28.7 Å². The van der Waals surface area contributed by atoms with Crippen molar-refractivity contribution in [2.45, 2.75) is 51.4 Å². The Balaban J connectivity index is 1.64. The SMILES string of the molecule is C=CCN(C(=O)c1cc2c(s1)CCCC2)c1nc2c(s1)CCCC2. The molecule has 2 aromatic rings. The van der Waals surface area contributed by atoms with Gasteiger partial charge in [0, 0.05) is 16.3 Å². The molecule has 5 heteroatoms. The number of carbonyl (C=O) groups excluding carboxylic acids is 1. The highest BCUT2D eigenvalue weighted by atomic mass is 32.1. The summed E-state index contributed by atoms with van der Waals surface area (Å²) >= 11 is 3.37. The zero-order valence-corrected chi connectivity index (χ0v) is 15.5. The summed E-state index contributed by atoms with van der Waals surface area (Å²) in [5.74, 6) is 0.0837. The standard InChI is InChI=1S/C19H22N2OS2/c1-2-11-21(19-20-14-8-4-6-10-16(14)24-19)18(22)17-12-13-7-3-5-9-15(13)23-17/h2,12H,1,3-11H2. The van der Waals surface area contributed by atoms with Crippen LogP contribution in [0.5, 0.6) is 0 Å². The van der Waals surface area contributed by atoms with Gasteiger partial charge in [0.05, 0.1) is 10.6 Å². The van der Waals surface area contributed by atoms with Crippen molar-refractivity contribution in [3.63, 3.8) is 0 Å². The minimum Gasteiger partial charge on any atom is -0.279 e. The Morgan fingerprint density at radius 1 is 1.12 bits per heavy atom. The van der Waals surface area contributed by atoms with Crippen LogP contribution in [0.3, 0.4) is 0 Å². The van der Waals surface area contributed by atoms with Gasteiger partial charge in [-0.3, -0.25) is 9.69 Å². The van der Waals surface area contributed by atoms with Gasteiger partial charge in [-0.15, -0.1) is 29.3 Å². The summed E-state index contributed by atoms with van der Waals surface area (Å²) in [4.78, 5) is 23.3. The van der Waals surface area contributed by atoms with Crippen LogP contribution in [0.2, 0.25) is 0 Å². The number of nitrogens with zero attached hydrogens (tertiary/aromatic N) is 2. The molecule has 0 bridgehead atoms. The summed E-state index contributed by atoms with van der Waals surface area (Å²) < 4.78 is 0. The van der Waals surface area contributed by atoms with Crippen LogP contribution in [0.1, 0.15) is 56.4 Å². The number of fused-ring (bicyclic) bond motifs is 2. The second-order valence-corrected chi connectivity index (χ2v) is 8.74. The summed E-state index contributed by atoms with van der Waals surface area (Å²) in [5, 5.41) is 0.846. The molecule has 2 heterocycles. The van der Waals surface area contributed by atoms with Crippen LogP contribution < -0.4 is 4.90 Å². The lowest BCUT2D eigenvalue weighted by Gasteiger charge is -2.17. The number of amides is 1. The molecule has 0 saturated heterocycles. The molecule has 0 saturated carbocycles. The molecular formula is C19H22N2OS2. The fraction of sp³-hybridized carbons (Fsp3) is 0.474. The summed E-state index contributed by atoms with van der Waals surface area (Å²) in [5.41, 5.74) is 2.58. The van der Waals surface area contributed by atoms with E-state index < -0.39 is 0 Å². The molecule has 0 spiro atoms. The first kappa shape index (κ1) is 16.0. The van der Waals surface area contributed by atoms with E-state index in [4.69, 9.17) is 4.98 Å². The topological polar surface area (TPSA) is 33.2 Å². The first-order valence-electron chi connectivity index (χ1n) is 8.79. The quantitative estimate of drug-likeness (QED) is 0.736. The van der Waals surface area contributed by atoms with Gasteiger partial charge in [-0.2, -0.15) is 0 Å². The predicted octanol–water partition coefficient (Wildman–Crippen LogP) is 4.80. The molecule has 0 radical (unpaired) electrons. The number of thiazole rings is 1. The van der Waals surface area contributed by atoms with Gasteiger partial charge in [0.2, 0.25) is 0 Å². The number of hydrogen-bond acceptors (Lipinski definition) is 4. The minimum absolute atomic E-state index is 0.0837. The maximum absolute atomic E-state index is 13.1. The van der Waals surface area contributed by atoms with Crippen LogP contribution in [0.25, 0.3) is 0 Å². The number of thiophene rings is 1. The number of rotatable bonds is 4. The number of aryl methyl sites for hydroxylation is 4. The maximum Gasteiger partial charge on any atom is 0.270 e. The van der Waals surface area contributed by atoms with Gasteiger partial charge >= 0.3 is 0 Å². The highest BCUT2D eigenvalue weighted by molar-refractivity contribution is 7.16. The Morgan fingerprint density at radius 2 is 1.88 bits per heavy atom. The van der Waals surface area contributed by atoms with Crippen molar-refractivity contribution in [2.75, 3.05) is 11.4 Å². The van der Waals surface area contributed by atoms with Gasteiger partial charge in [0.25, 0.3) is 5.91 Å². The second-order valence-electron chi connectivity index (χ2n) is 6.54. The Kier molecular flexibility index (Phi) is 4.55. The summed E-state index contributed by atoms with van der Waals surface area (Å²) in [7, 11) is 0. The molecule has 0 fully saturated rings. The van der Waals surface area contributed by atoms with Crippen molar-refractivity contribution in [1.82, 2.24) is 4.98 Å². The van der Waals surface area contributed by atoms with Gasteiger partial charge in [-0.1, -0.05) is 6.08 Å². The average Bonchev–Trinajstić information content (AvgIpc) is 3.22. The zero-order chi connectivity index (χ0) is 16.5. The van der Waals surface area contributed by atoms with E-state index in [0.29, 0.717) is 6.54 Å². The van der Waals surface area contributed by atoms with Crippen molar-refractivity contribution < 1.29 is 4.79 Å². The van der Waals surface area contributed by atoms with E-state index >= 15 is 0 Å². The highest BCUT2D eigenvalue weighted by Gasteiger charge is 2.26. The molecule has 126 valence electrons. The molecule has 0 aromatic carbocycles. The molecule has 0 aliphatic heterocycles. The predicted molar refractivity (Wildman–Crippen MR) is 102 cm³/mol. The number of anilines is 1. The first-order chi connectivity index (χ1) is 11.8. The Hall–Kier alpha value is -1.46. The van der Waals surface area contributed by atoms with E-state index in [-0.39, 0.29) is 5.91 Å². The van der Waals surface area contributed by atoms with Crippen molar-refractivity contribution in [1.29, 1.82) is 0 Å². The molecular weight excluding hydrogens is 336 g/mol. The second kappa shape index (κ2) is 6.81. The third-order valence-corrected chi connectivity index (χ3v) is 7.23. The van der Waals surface area contributed by atoms with Crippen LogP contribution in [0.4, 0.5) is 5.13 Å². The summed E-state index contributed by atoms with van der Waals surface area (Å²) in [6, 6.07) is 2.12. The zero-order valence-electron chi connectivity index (χ0n) is 13.8. The molecule has 1 amide bonds. The van der Waals surface area contributed by atoms with E-state index in [1.807, 2.05) is 4.90 Å². The highest BCUT2D eigenvalue weighted by Crippen LogP contribution is 2.35. The molecule has 24 heavy (non-hydrogen) atoms. The van der Waals surface area contributed by atoms with E-state index in [0.717, 1.165) is 35.7 Å². The van der Waals surface area contributed by atoms with Crippen molar-refractivity contribution in [3.8, 4) is 0 Å². The molecule has 2 aliphatic carbocycles. The molecule has 0 atom stereocenters. The average molecular weight is 359 g/mol. The Labute approximate surface area is 151 Å². The smallest absolute Gasteiger partial charge is 0.270 e. The third-order valence-electron chi connectivity index (χ3n) is 4.83. The fourth-order valence-electron chi connectivity index (χ4n) is 3.56. The van der Waals surface area contributed by atoms with Gasteiger partial charge in [-0.25, -0.2) is 4.98 Å². The Morgan fingerprint density at radius 3 is 2.62 bits per heavy atom. The number of aromatic nitrogens is 1. The van der Waals surface area contributed by atoms with Crippen molar-refractivity contribution >= 4 is 33.7 Å². The van der Waals surface area contributed by atoms with Crippen LogP contribution >= 0.6 is 22.7 Å². The van der Waals surface area contributed by atoms with Crippen LogP contribution in [0, 0.1) is 0 Å². The normalized spacial score (nSPS) is 16.3. The summed E-state index contributed by atoms with van der Waals surface area (Å²) in [6.07, 6.45) is 11.1. The third kappa shape index (κ3) is 2.95. The lowest BCUT2D eigenvalue weighted by Crippen LogP contribution is -2.30. The molecule has 2 aromatic heterocycles. The fourth-order valence-corrected chi connectivity index (χ4v) is 5.92. The molecule has 0 unspecified atom stereocenters. The van der Waals surface area contributed by atoms with Crippen LogP contribution in [-0.4, -0.2) is 17.4 Å². The van der Waals surface area contributed by atoms with Gasteiger partial charge < -0.3 is 0 Å².